The molecule has 0 aliphatic heterocycles. The molecule has 1 heterocycles. The summed E-state index contributed by atoms with van der Waals surface area (Å²) in [5, 5.41) is 12.4. The monoisotopic (exact) mass is 347 g/mol. The summed E-state index contributed by atoms with van der Waals surface area (Å²) in [5.74, 6) is 3.82. The van der Waals surface area contributed by atoms with Crippen molar-refractivity contribution in [1.82, 2.24) is 5.43 Å². The lowest BCUT2D eigenvalue weighted by atomic mass is 10.2. The van der Waals surface area contributed by atoms with Crippen molar-refractivity contribution in [1.29, 1.82) is 0 Å². The number of nitrogens with one attached hydrogen (secondary N) is 1. The molecule has 0 fully saturated rings. The number of nitrogens with two attached hydrogens (primary N) is 1. The minimum Gasteiger partial charge on any atom is -0.448 e. The second-order valence-corrected chi connectivity index (χ2v) is 5.04. The normalized spacial score (nSPS) is 11.1. The SMILES string of the molecule is NNC(=O)c1sccc1Oc1ccc(C(F)(F)F)cc1[N+](=O)[O-]. The lowest BCUT2D eigenvalue weighted by Crippen LogP contribution is -2.29. The first-order valence-electron chi connectivity index (χ1n) is 5.86. The fraction of sp³-hybridized carbons (Fsp3) is 0.0833. The van der Waals surface area contributed by atoms with E-state index in [0.29, 0.717) is 12.1 Å². The maximum absolute atomic E-state index is 12.6. The van der Waals surface area contributed by atoms with Crippen LogP contribution < -0.4 is 16.0 Å². The van der Waals surface area contributed by atoms with E-state index in [-0.39, 0.29) is 10.6 Å². The first-order valence-corrected chi connectivity index (χ1v) is 6.74. The number of alkyl halides is 3. The summed E-state index contributed by atoms with van der Waals surface area (Å²) < 4.78 is 43.1. The van der Waals surface area contributed by atoms with Crippen molar-refractivity contribution >= 4 is 22.9 Å². The molecule has 7 nitrogen and oxygen atoms in total. The Morgan fingerprint density at radius 2 is 2.00 bits per heavy atom. The summed E-state index contributed by atoms with van der Waals surface area (Å²) >= 11 is 0.956. The number of nitrogens with zero attached hydrogens (tertiary/aromatic N) is 1. The molecular formula is C12H8F3N3O4S. The largest absolute Gasteiger partial charge is 0.448 e. The van der Waals surface area contributed by atoms with Gasteiger partial charge in [-0.2, -0.15) is 13.2 Å². The summed E-state index contributed by atoms with van der Waals surface area (Å²) in [6, 6.07) is 3.18. The number of nitro groups is 1. The molecule has 122 valence electrons. The number of hydrazine groups is 1. The third-order valence-electron chi connectivity index (χ3n) is 2.67. The van der Waals surface area contributed by atoms with Crippen LogP contribution in [0.25, 0.3) is 0 Å². The van der Waals surface area contributed by atoms with Crippen LogP contribution in [0.5, 0.6) is 11.5 Å². The molecule has 11 heteroatoms. The number of nitrogen functional groups attached to an aromatic ring is 1. The van der Waals surface area contributed by atoms with E-state index in [1.54, 1.807) is 0 Å². The van der Waals surface area contributed by atoms with Crippen molar-refractivity contribution in [3.05, 3.63) is 50.2 Å². The van der Waals surface area contributed by atoms with E-state index in [0.717, 1.165) is 17.4 Å². The topological polar surface area (TPSA) is 107 Å². The van der Waals surface area contributed by atoms with Crippen LogP contribution in [0.4, 0.5) is 18.9 Å². The molecule has 0 unspecified atom stereocenters. The Balaban J connectivity index is 2.43. The molecule has 0 saturated carbocycles. The molecule has 0 bridgehead atoms. The Bertz CT molecular complexity index is 760. The van der Waals surface area contributed by atoms with Crippen LogP contribution in [0.3, 0.4) is 0 Å². The van der Waals surface area contributed by atoms with Gasteiger partial charge in [0.15, 0.2) is 5.75 Å². The van der Waals surface area contributed by atoms with Crippen LogP contribution >= 0.6 is 11.3 Å². The highest BCUT2D eigenvalue weighted by molar-refractivity contribution is 7.12. The number of amides is 1. The summed E-state index contributed by atoms with van der Waals surface area (Å²) in [4.78, 5) is 21.5. The Kier molecular flexibility index (Phi) is 4.52. The molecule has 2 rings (SSSR count). The molecule has 0 atom stereocenters. The number of halogens is 3. The summed E-state index contributed by atoms with van der Waals surface area (Å²) in [7, 11) is 0. The van der Waals surface area contributed by atoms with Crippen LogP contribution in [-0.4, -0.2) is 10.8 Å². The zero-order valence-corrected chi connectivity index (χ0v) is 11.9. The van der Waals surface area contributed by atoms with Gasteiger partial charge in [0, 0.05) is 6.07 Å². The van der Waals surface area contributed by atoms with Gasteiger partial charge >= 0.3 is 11.9 Å². The predicted octanol–water partition coefficient (Wildman–Crippen LogP) is 3.07. The van der Waals surface area contributed by atoms with E-state index < -0.39 is 34.0 Å². The standard InChI is InChI=1S/C12H8F3N3O4S/c13-12(14,15)6-1-2-8(7(5-6)18(20)21)22-9-3-4-23-10(9)11(19)17-16/h1-5H,16H2,(H,17,19). The van der Waals surface area contributed by atoms with E-state index in [9.17, 15) is 28.1 Å². The van der Waals surface area contributed by atoms with Crippen LogP contribution in [-0.2, 0) is 6.18 Å². The van der Waals surface area contributed by atoms with E-state index in [1.165, 1.54) is 11.4 Å². The first-order chi connectivity index (χ1) is 10.7. The minimum atomic E-state index is -4.73. The summed E-state index contributed by atoms with van der Waals surface area (Å²) in [5.41, 5.74) is -0.180. The molecule has 0 radical (unpaired) electrons. The number of rotatable bonds is 4. The number of carbonyl (C=O) groups is 1. The molecule has 0 spiro atoms. The lowest BCUT2D eigenvalue weighted by Gasteiger charge is -2.10. The molecule has 1 aromatic heterocycles. The fourth-order valence-electron chi connectivity index (χ4n) is 1.65. The molecule has 1 amide bonds. The van der Waals surface area contributed by atoms with Gasteiger partial charge in [0.1, 0.15) is 4.88 Å². The average molecular weight is 347 g/mol. The molecular weight excluding hydrogens is 339 g/mol. The number of carbonyl (C=O) groups excluding carboxylic acids is 1. The number of thiophene rings is 1. The van der Waals surface area contributed by atoms with Crippen molar-refractivity contribution in [3.8, 4) is 11.5 Å². The van der Waals surface area contributed by atoms with Gasteiger partial charge in [0.05, 0.1) is 10.5 Å². The van der Waals surface area contributed by atoms with Gasteiger partial charge in [-0.05, 0) is 23.6 Å². The molecule has 0 aliphatic rings. The highest BCUT2D eigenvalue weighted by atomic mass is 32.1. The fourth-order valence-corrected chi connectivity index (χ4v) is 2.37. The van der Waals surface area contributed by atoms with Gasteiger partial charge in [-0.3, -0.25) is 20.3 Å². The van der Waals surface area contributed by atoms with Gasteiger partial charge in [0.25, 0.3) is 5.91 Å². The lowest BCUT2D eigenvalue weighted by molar-refractivity contribution is -0.385. The van der Waals surface area contributed by atoms with Gasteiger partial charge in [0.2, 0.25) is 5.75 Å². The smallest absolute Gasteiger partial charge is 0.416 e. The number of hydrogen-bond donors (Lipinski definition) is 2. The Morgan fingerprint density at radius 1 is 1.30 bits per heavy atom. The Morgan fingerprint density at radius 3 is 2.57 bits per heavy atom. The molecule has 0 saturated heterocycles. The van der Waals surface area contributed by atoms with Crippen molar-refractivity contribution in [2.24, 2.45) is 5.84 Å². The molecule has 23 heavy (non-hydrogen) atoms. The summed E-state index contributed by atoms with van der Waals surface area (Å²) in [6.07, 6.45) is -4.73. The quantitative estimate of drug-likeness (QED) is 0.382. The van der Waals surface area contributed by atoms with E-state index in [1.807, 2.05) is 5.43 Å². The highest BCUT2D eigenvalue weighted by Gasteiger charge is 2.33. The zero-order valence-electron chi connectivity index (χ0n) is 11.1. The van der Waals surface area contributed by atoms with Crippen LogP contribution in [0.2, 0.25) is 0 Å². The third kappa shape index (κ3) is 3.57. The maximum atomic E-state index is 12.6. The second kappa shape index (κ2) is 6.22. The minimum absolute atomic E-state index is 0.0293. The van der Waals surface area contributed by atoms with E-state index >= 15 is 0 Å². The number of hydrogen-bond acceptors (Lipinski definition) is 6. The second-order valence-electron chi connectivity index (χ2n) is 4.13. The first kappa shape index (κ1) is 16.7. The summed E-state index contributed by atoms with van der Waals surface area (Å²) in [6.45, 7) is 0. The predicted molar refractivity (Wildman–Crippen MR) is 74.1 cm³/mol. The van der Waals surface area contributed by atoms with Crippen LogP contribution in [0.15, 0.2) is 29.6 Å². The van der Waals surface area contributed by atoms with Crippen molar-refractivity contribution in [3.63, 3.8) is 0 Å². The van der Waals surface area contributed by atoms with Crippen molar-refractivity contribution < 1.29 is 27.6 Å². The molecule has 2 aromatic rings. The highest BCUT2D eigenvalue weighted by Crippen LogP contribution is 2.39. The van der Waals surface area contributed by atoms with Crippen LogP contribution in [0, 0.1) is 10.1 Å². The number of ether oxygens (including phenoxy) is 1. The van der Waals surface area contributed by atoms with Gasteiger partial charge in [-0.15, -0.1) is 11.3 Å². The number of nitro benzene ring substituents is 1. The molecule has 1 aromatic carbocycles. The van der Waals surface area contributed by atoms with E-state index in [2.05, 4.69) is 0 Å². The Hall–Kier alpha value is -2.66. The average Bonchev–Trinajstić information content (AvgIpc) is 2.93. The zero-order chi connectivity index (χ0) is 17.2. The number of benzene rings is 1. The van der Waals surface area contributed by atoms with E-state index in [4.69, 9.17) is 10.6 Å². The molecule has 3 N–H and O–H groups in total. The third-order valence-corrected chi connectivity index (χ3v) is 3.56. The van der Waals surface area contributed by atoms with Crippen molar-refractivity contribution in [2.75, 3.05) is 0 Å². The van der Waals surface area contributed by atoms with Crippen LogP contribution in [0.1, 0.15) is 15.2 Å². The Labute approximate surface area is 130 Å². The molecule has 0 aliphatic carbocycles. The van der Waals surface area contributed by atoms with Gasteiger partial charge in [-0.25, -0.2) is 5.84 Å². The van der Waals surface area contributed by atoms with Gasteiger partial charge < -0.3 is 4.74 Å². The van der Waals surface area contributed by atoms with Crippen molar-refractivity contribution in [2.45, 2.75) is 6.18 Å². The van der Waals surface area contributed by atoms with Gasteiger partial charge in [-0.1, -0.05) is 0 Å². The maximum Gasteiger partial charge on any atom is 0.416 e.